The van der Waals surface area contributed by atoms with E-state index in [0.717, 1.165) is 30.7 Å². The number of hydrogen-bond donors (Lipinski definition) is 1. The minimum absolute atomic E-state index is 0. The molecule has 1 N–H and O–H groups in total. The molecule has 0 bridgehead atoms. The van der Waals surface area contributed by atoms with Gasteiger partial charge in [-0.25, -0.2) is 0 Å². The molecule has 2 aliphatic rings. The van der Waals surface area contributed by atoms with Crippen molar-refractivity contribution in [3.63, 3.8) is 0 Å². The van der Waals surface area contributed by atoms with Crippen LogP contribution in [0.15, 0.2) is 34.9 Å². The average Bonchev–Trinajstić information content (AvgIpc) is 2.79. The molecule has 1 aliphatic carbocycles. The second kappa shape index (κ2) is 4.66. The van der Waals surface area contributed by atoms with Crippen LogP contribution in [-0.2, 0) is 0 Å². The Morgan fingerprint density at radius 2 is 1.84 bits per heavy atom. The van der Waals surface area contributed by atoms with Gasteiger partial charge in [0, 0.05) is 11.5 Å². The molecular weight excluding hydrogens is 260 g/mol. The molecule has 100 valence electrons. The fourth-order valence-electron chi connectivity index (χ4n) is 3.40. The van der Waals surface area contributed by atoms with Crippen LogP contribution in [0.1, 0.15) is 17.4 Å². The third-order valence-corrected chi connectivity index (χ3v) is 4.36. The standard InChI is InChI=1S/C15H16N2O.ClH/c1-9-13(10-5-3-2-4-6-10)15(17-18-9)14-11-7-16-8-12(11)14;/h2-6,11-12,14,16H,7-8H2,1H3;1H. The number of halogens is 1. The van der Waals surface area contributed by atoms with Crippen LogP contribution in [0.5, 0.6) is 0 Å². The van der Waals surface area contributed by atoms with Crippen molar-refractivity contribution in [2.24, 2.45) is 11.8 Å². The third-order valence-electron chi connectivity index (χ3n) is 4.36. The Bertz CT molecular complexity index is 571. The van der Waals surface area contributed by atoms with E-state index in [1.54, 1.807) is 0 Å². The topological polar surface area (TPSA) is 38.1 Å². The van der Waals surface area contributed by atoms with E-state index in [4.69, 9.17) is 4.52 Å². The zero-order valence-corrected chi connectivity index (χ0v) is 11.6. The Balaban J connectivity index is 0.00000110. The molecule has 4 rings (SSSR count). The first-order chi connectivity index (χ1) is 8.86. The summed E-state index contributed by atoms with van der Waals surface area (Å²) in [6.07, 6.45) is 0. The van der Waals surface area contributed by atoms with Crippen LogP contribution in [0.3, 0.4) is 0 Å². The summed E-state index contributed by atoms with van der Waals surface area (Å²) < 4.78 is 5.45. The average molecular weight is 277 g/mol. The van der Waals surface area contributed by atoms with E-state index in [1.165, 1.54) is 16.8 Å². The molecule has 3 nitrogen and oxygen atoms in total. The lowest BCUT2D eigenvalue weighted by Crippen LogP contribution is -2.14. The summed E-state index contributed by atoms with van der Waals surface area (Å²) >= 11 is 0. The molecule has 1 aliphatic heterocycles. The van der Waals surface area contributed by atoms with Gasteiger partial charge in [0.05, 0.1) is 5.69 Å². The zero-order chi connectivity index (χ0) is 12.1. The molecule has 2 fully saturated rings. The van der Waals surface area contributed by atoms with E-state index in [0.29, 0.717) is 5.92 Å². The predicted molar refractivity (Wildman–Crippen MR) is 76.5 cm³/mol. The van der Waals surface area contributed by atoms with Gasteiger partial charge in [-0.1, -0.05) is 35.5 Å². The van der Waals surface area contributed by atoms with Crippen molar-refractivity contribution >= 4 is 12.4 Å². The van der Waals surface area contributed by atoms with Crippen molar-refractivity contribution in [2.45, 2.75) is 12.8 Å². The van der Waals surface area contributed by atoms with Gasteiger partial charge in [-0.3, -0.25) is 0 Å². The van der Waals surface area contributed by atoms with Crippen LogP contribution in [-0.4, -0.2) is 18.2 Å². The summed E-state index contributed by atoms with van der Waals surface area (Å²) in [6, 6.07) is 10.5. The van der Waals surface area contributed by atoms with E-state index >= 15 is 0 Å². The Kier molecular flexibility index (Phi) is 3.11. The molecule has 2 heterocycles. The smallest absolute Gasteiger partial charge is 0.141 e. The highest BCUT2D eigenvalue weighted by Crippen LogP contribution is 2.57. The van der Waals surface area contributed by atoms with Gasteiger partial charge in [0.25, 0.3) is 0 Å². The molecule has 2 unspecified atom stereocenters. The van der Waals surface area contributed by atoms with E-state index < -0.39 is 0 Å². The lowest BCUT2D eigenvalue weighted by molar-refractivity contribution is 0.388. The Morgan fingerprint density at radius 1 is 1.16 bits per heavy atom. The molecule has 0 radical (unpaired) electrons. The van der Waals surface area contributed by atoms with Crippen molar-refractivity contribution in [1.82, 2.24) is 10.5 Å². The number of benzene rings is 1. The second-order valence-corrected chi connectivity index (χ2v) is 5.38. The normalized spacial score (nSPS) is 27.7. The minimum atomic E-state index is 0. The zero-order valence-electron chi connectivity index (χ0n) is 10.8. The molecule has 1 saturated heterocycles. The first kappa shape index (κ1) is 12.7. The Labute approximate surface area is 118 Å². The van der Waals surface area contributed by atoms with Crippen LogP contribution in [0.25, 0.3) is 11.1 Å². The van der Waals surface area contributed by atoms with E-state index in [-0.39, 0.29) is 12.4 Å². The van der Waals surface area contributed by atoms with Gasteiger partial charge in [0.15, 0.2) is 0 Å². The lowest BCUT2D eigenvalue weighted by atomic mass is 10.00. The molecule has 1 aromatic carbocycles. The second-order valence-electron chi connectivity index (χ2n) is 5.38. The van der Waals surface area contributed by atoms with E-state index in [9.17, 15) is 0 Å². The molecule has 19 heavy (non-hydrogen) atoms. The number of hydrogen-bond acceptors (Lipinski definition) is 3. The first-order valence-corrected chi connectivity index (χ1v) is 6.58. The summed E-state index contributed by atoms with van der Waals surface area (Å²) in [5.74, 6) is 3.10. The Hall–Kier alpha value is -1.32. The quantitative estimate of drug-likeness (QED) is 0.916. The predicted octanol–water partition coefficient (Wildman–Crippen LogP) is 3.00. The summed E-state index contributed by atoms with van der Waals surface area (Å²) in [7, 11) is 0. The fourth-order valence-corrected chi connectivity index (χ4v) is 3.40. The first-order valence-electron chi connectivity index (χ1n) is 6.58. The number of fused-ring (bicyclic) bond motifs is 1. The summed E-state index contributed by atoms with van der Waals surface area (Å²) in [4.78, 5) is 0. The number of piperidine rings is 1. The highest BCUT2D eigenvalue weighted by Gasteiger charge is 2.55. The molecule has 2 aromatic rings. The monoisotopic (exact) mass is 276 g/mol. The fraction of sp³-hybridized carbons (Fsp3) is 0.400. The number of aromatic nitrogens is 1. The van der Waals surface area contributed by atoms with Gasteiger partial charge in [-0.2, -0.15) is 0 Å². The summed E-state index contributed by atoms with van der Waals surface area (Å²) in [5, 5.41) is 7.76. The number of aryl methyl sites for hydroxylation is 1. The summed E-state index contributed by atoms with van der Waals surface area (Å²) in [6.45, 7) is 4.28. The van der Waals surface area contributed by atoms with Crippen LogP contribution in [0, 0.1) is 18.8 Å². The van der Waals surface area contributed by atoms with Crippen LogP contribution < -0.4 is 5.32 Å². The summed E-state index contributed by atoms with van der Waals surface area (Å²) in [5.41, 5.74) is 3.62. The van der Waals surface area contributed by atoms with Crippen molar-refractivity contribution in [3.05, 3.63) is 41.8 Å². The largest absolute Gasteiger partial charge is 0.361 e. The molecule has 1 saturated carbocycles. The van der Waals surface area contributed by atoms with Crippen molar-refractivity contribution in [1.29, 1.82) is 0 Å². The molecular formula is C15H17ClN2O. The highest BCUT2D eigenvalue weighted by molar-refractivity contribution is 5.85. The maximum Gasteiger partial charge on any atom is 0.141 e. The van der Waals surface area contributed by atoms with Crippen molar-refractivity contribution in [3.8, 4) is 11.1 Å². The van der Waals surface area contributed by atoms with Crippen LogP contribution >= 0.6 is 12.4 Å². The van der Waals surface area contributed by atoms with Crippen molar-refractivity contribution in [2.75, 3.05) is 13.1 Å². The molecule has 4 heteroatoms. The van der Waals surface area contributed by atoms with Crippen LogP contribution in [0.2, 0.25) is 0 Å². The lowest BCUT2D eigenvalue weighted by Gasteiger charge is -2.05. The van der Waals surface area contributed by atoms with Gasteiger partial charge in [0.2, 0.25) is 0 Å². The van der Waals surface area contributed by atoms with Gasteiger partial charge in [-0.05, 0) is 37.4 Å². The van der Waals surface area contributed by atoms with Crippen molar-refractivity contribution < 1.29 is 4.52 Å². The number of nitrogens with one attached hydrogen (secondary N) is 1. The molecule has 2 atom stereocenters. The maximum atomic E-state index is 5.45. The third kappa shape index (κ3) is 1.88. The Morgan fingerprint density at radius 3 is 2.53 bits per heavy atom. The van der Waals surface area contributed by atoms with Gasteiger partial charge >= 0.3 is 0 Å². The SMILES string of the molecule is Cc1onc(C2C3CNCC32)c1-c1ccccc1.Cl. The molecule has 0 spiro atoms. The maximum absolute atomic E-state index is 5.45. The minimum Gasteiger partial charge on any atom is -0.361 e. The van der Waals surface area contributed by atoms with Gasteiger partial charge in [-0.15, -0.1) is 12.4 Å². The number of nitrogens with zero attached hydrogens (tertiary/aromatic N) is 1. The molecule has 0 amide bonds. The van der Waals surface area contributed by atoms with E-state index in [1.807, 2.05) is 13.0 Å². The number of rotatable bonds is 2. The van der Waals surface area contributed by atoms with Gasteiger partial charge < -0.3 is 9.84 Å². The van der Waals surface area contributed by atoms with Crippen LogP contribution in [0.4, 0.5) is 0 Å². The molecule has 1 aromatic heterocycles. The van der Waals surface area contributed by atoms with E-state index in [2.05, 4.69) is 34.7 Å². The highest BCUT2D eigenvalue weighted by atomic mass is 35.5. The van der Waals surface area contributed by atoms with Gasteiger partial charge in [0.1, 0.15) is 5.76 Å².